The molecule has 0 aromatic heterocycles. The van der Waals surface area contributed by atoms with Gasteiger partial charge in [-0.05, 0) is 24.3 Å². The normalized spacial score (nSPS) is 21.1. The molecule has 2 rings (SSSR count). The molecule has 2 aliphatic rings. The van der Waals surface area contributed by atoms with Crippen molar-refractivity contribution in [3.05, 3.63) is 0 Å². The Morgan fingerprint density at radius 2 is 1.26 bits per heavy atom. The number of amides is 2. The molecule has 2 saturated heterocycles. The zero-order valence-electron chi connectivity index (χ0n) is 15.6. The molecular formula is C16H28N2O4S5. The van der Waals surface area contributed by atoms with Crippen molar-refractivity contribution in [3.8, 4) is 0 Å². The number of carbonyl (C=O) groups excluding carboxylic acids is 4. The summed E-state index contributed by atoms with van der Waals surface area (Å²) in [5.41, 5.74) is 0. The predicted molar refractivity (Wildman–Crippen MR) is 124 cm³/mol. The maximum absolute atomic E-state index is 11.2. The Hall–Kier alpha value is 0.0300. The van der Waals surface area contributed by atoms with E-state index >= 15 is 0 Å². The highest BCUT2D eigenvalue weighted by Gasteiger charge is 2.27. The van der Waals surface area contributed by atoms with Gasteiger partial charge in [0.2, 0.25) is 22.0 Å². The van der Waals surface area contributed by atoms with Gasteiger partial charge in [-0.3, -0.25) is 19.2 Å². The lowest BCUT2D eigenvalue weighted by Gasteiger charge is -2.08. The van der Waals surface area contributed by atoms with Crippen molar-refractivity contribution in [3.63, 3.8) is 0 Å². The van der Waals surface area contributed by atoms with Gasteiger partial charge < -0.3 is 10.6 Å². The molecule has 2 aliphatic heterocycles. The molecule has 2 heterocycles. The van der Waals surface area contributed by atoms with E-state index in [1.54, 1.807) is 23.5 Å². The molecule has 0 aromatic carbocycles. The fourth-order valence-corrected chi connectivity index (χ4v) is 4.93. The van der Waals surface area contributed by atoms with Gasteiger partial charge in [-0.15, -0.1) is 0 Å². The SMILES string of the molecule is CCSCC(=O)N[C@@H]1CCSC1=O.CCSCC(=O)N[C@H]1CCSC1=O.S. The number of rotatable bonds is 8. The second-order valence-electron chi connectivity index (χ2n) is 5.43. The molecule has 2 atom stereocenters. The molecule has 27 heavy (non-hydrogen) atoms. The third-order valence-corrected chi connectivity index (χ3v) is 7.18. The summed E-state index contributed by atoms with van der Waals surface area (Å²) in [5.74, 6) is 4.42. The Kier molecular flexibility index (Phi) is 15.9. The largest absolute Gasteiger partial charge is 0.345 e. The summed E-state index contributed by atoms with van der Waals surface area (Å²) >= 11 is 5.76. The summed E-state index contributed by atoms with van der Waals surface area (Å²) in [6.07, 6.45) is 1.57. The fourth-order valence-electron chi connectivity index (χ4n) is 2.12. The molecule has 0 radical (unpaired) electrons. The zero-order valence-corrected chi connectivity index (χ0v) is 19.8. The van der Waals surface area contributed by atoms with Gasteiger partial charge in [0.25, 0.3) is 0 Å². The van der Waals surface area contributed by atoms with Crippen LogP contribution in [0.1, 0.15) is 26.7 Å². The van der Waals surface area contributed by atoms with Gasteiger partial charge in [-0.2, -0.15) is 37.0 Å². The fraction of sp³-hybridized carbons (Fsp3) is 0.750. The molecule has 0 saturated carbocycles. The summed E-state index contributed by atoms with van der Waals surface area (Å²) in [7, 11) is 0. The van der Waals surface area contributed by atoms with Gasteiger partial charge in [0, 0.05) is 11.5 Å². The van der Waals surface area contributed by atoms with Crippen molar-refractivity contribution >= 4 is 82.6 Å². The first-order chi connectivity index (χ1) is 12.5. The topological polar surface area (TPSA) is 92.3 Å². The highest BCUT2D eigenvalue weighted by atomic mass is 32.2. The first-order valence-electron chi connectivity index (χ1n) is 8.55. The van der Waals surface area contributed by atoms with Crippen molar-refractivity contribution in [2.75, 3.05) is 34.5 Å². The van der Waals surface area contributed by atoms with Crippen LogP contribution in [0.4, 0.5) is 0 Å². The second-order valence-corrected chi connectivity index (χ2v) is 10.2. The molecule has 2 amide bonds. The van der Waals surface area contributed by atoms with Crippen LogP contribution in [0.15, 0.2) is 0 Å². The third-order valence-electron chi connectivity index (χ3n) is 3.42. The van der Waals surface area contributed by atoms with Crippen LogP contribution in [-0.4, -0.2) is 68.6 Å². The van der Waals surface area contributed by atoms with Crippen molar-refractivity contribution in [2.45, 2.75) is 38.8 Å². The molecule has 0 unspecified atom stereocenters. The standard InChI is InChI=1S/2C8H13NO2S2.H2S/c2*1-2-12-5-7(10)9-6-3-4-13-8(6)11;/h2*6H,2-5H2,1H3,(H,9,10);1H2/t2*6-;/m10./s1. The summed E-state index contributed by atoms with van der Waals surface area (Å²) < 4.78 is 0. The summed E-state index contributed by atoms with van der Waals surface area (Å²) in [6.45, 7) is 4.02. The van der Waals surface area contributed by atoms with Crippen molar-refractivity contribution in [2.24, 2.45) is 0 Å². The molecule has 0 bridgehead atoms. The Balaban J connectivity index is 0.000000483. The van der Waals surface area contributed by atoms with Crippen LogP contribution in [0.25, 0.3) is 0 Å². The van der Waals surface area contributed by atoms with E-state index in [1.165, 1.54) is 23.5 Å². The molecule has 0 aliphatic carbocycles. The lowest BCUT2D eigenvalue weighted by Crippen LogP contribution is -2.38. The lowest BCUT2D eigenvalue weighted by molar-refractivity contribution is -0.122. The zero-order chi connectivity index (χ0) is 19.4. The van der Waals surface area contributed by atoms with Gasteiger partial charge in [-0.25, -0.2) is 0 Å². The van der Waals surface area contributed by atoms with Crippen molar-refractivity contribution in [1.82, 2.24) is 10.6 Å². The minimum atomic E-state index is -0.227. The van der Waals surface area contributed by atoms with E-state index in [2.05, 4.69) is 10.6 Å². The molecular weight excluding hydrogens is 445 g/mol. The number of hydrogen-bond donors (Lipinski definition) is 2. The van der Waals surface area contributed by atoms with Gasteiger partial charge >= 0.3 is 0 Å². The number of nitrogens with one attached hydrogen (secondary N) is 2. The Morgan fingerprint density at radius 3 is 1.52 bits per heavy atom. The average molecular weight is 473 g/mol. The first kappa shape index (κ1) is 27.0. The highest BCUT2D eigenvalue weighted by Crippen LogP contribution is 2.20. The summed E-state index contributed by atoms with van der Waals surface area (Å²) in [6, 6.07) is -0.454. The van der Waals surface area contributed by atoms with Crippen molar-refractivity contribution < 1.29 is 19.2 Å². The minimum absolute atomic E-state index is 0. The van der Waals surface area contributed by atoms with E-state index < -0.39 is 0 Å². The molecule has 2 N–H and O–H groups in total. The van der Waals surface area contributed by atoms with E-state index in [4.69, 9.17) is 0 Å². The van der Waals surface area contributed by atoms with Gasteiger partial charge in [0.05, 0.1) is 23.6 Å². The summed E-state index contributed by atoms with van der Waals surface area (Å²) in [5, 5.41) is 5.68. The molecule has 2 fully saturated rings. The van der Waals surface area contributed by atoms with E-state index in [0.29, 0.717) is 11.5 Å². The van der Waals surface area contributed by atoms with Gasteiger partial charge in [-0.1, -0.05) is 37.4 Å². The number of hydrogen-bond acceptors (Lipinski definition) is 8. The van der Waals surface area contributed by atoms with Crippen LogP contribution < -0.4 is 10.6 Å². The maximum atomic E-state index is 11.2. The summed E-state index contributed by atoms with van der Waals surface area (Å²) in [4.78, 5) is 44.7. The Morgan fingerprint density at radius 1 is 0.889 bits per heavy atom. The van der Waals surface area contributed by atoms with E-state index in [1.807, 2.05) is 13.8 Å². The number of carbonyl (C=O) groups is 4. The predicted octanol–water partition coefficient (Wildman–Crippen LogP) is 1.89. The lowest BCUT2D eigenvalue weighted by atomic mass is 10.2. The number of thioether (sulfide) groups is 4. The first-order valence-corrected chi connectivity index (χ1v) is 12.8. The Bertz CT molecular complexity index is 463. The average Bonchev–Trinajstić information content (AvgIpc) is 3.20. The van der Waals surface area contributed by atoms with Gasteiger partial charge in [0.1, 0.15) is 0 Å². The van der Waals surface area contributed by atoms with E-state index in [-0.39, 0.29) is 47.6 Å². The van der Waals surface area contributed by atoms with Crippen LogP contribution >= 0.6 is 60.5 Å². The monoisotopic (exact) mass is 472 g/mol. The van der Waals surface area contributed by atoms with E-state index in [0.717, 1.165) is 35.9 Å². The third kappa shape index (κ3) is 11.6. The van der Waals surface area contributed by atoms with Crippen LogP contribution in [0.5, 0.6) is 0 Å². The molecule has 11 heteroatoms. The van der Waals surface area contributed by atoms with Gasteiger partial charge in [0.15, 0.2) is 0 Å². The van der Waals surface area contributed by atoms with E-state index in [9.17, 15) is 19.2 Å². The minimum Gasteiger partial charge on any atom is -0.345 e. The highest BCUT2D eigenvalue weighted by molar-refractivity contribution is 8.14. The molecule has 0 aromatic rings. The van der Waals surface area contributed by atoms with Crippen LogP contribution in [-0.2, 0) is 19.2 Å². The Labute approximate surface area is 185 Å². The molecule has 6 nitrogen and oxygen atoms in total. The van der Waals surface area contributed by atoms with Crippen molar-refractivity contribution in [1.29, 1.82) is 0 Å². The quantitative estimate of drug-likeness (QED) is 0.553. The second kappa shape index (κ2) is 15.9. The molecule has 156 valence electrons. The van der Waals surface area contributed by atoms with Crippen LogP contribution in [0.3, 0.4) is 0 Å². The smallest absolute Gasteiger partial charge is 0.230 e. The van der Waals surface area contributed by atoms with Crippen LogP contribution in [0, 0.1) is 0 Å². The molecule has 0 spiro atoms. The maximum Gasteiger partial charge on any atom is 0.230 e. The van der Waals surface area contributed by atoms with Crippen LogP contribution in [0.2, 0.25) is 0 Å².